The molecule has 1 aliphatic heterocycles. The largest absolute Gasteiger partial charge is 0.446 e. The normalized spacial score (nSPS) is 13.1. The SMILES string of the molecule is COCC(=O)N(c1c(C)cccc1C)N1CCOC1=O.Fc1nccs1. The Morgan fingerprint density at radius 2 is 2.12 bits per heavy atom. The molecule has 0 spiro atoms. The average Bonchev–Trinajstić information content (AvgIpc) is 3.23. The van der Waals surface area contributed by atoms with Gasteiger partial charge in [0, 0.05) is 18.7 Å². The lowest BCUT2D eigenvalue weighted by Crippen LogP contribution is -2.49. The molecule has 0 radical (unpaired) electrons. The number of anilines is 1. The van der Waals surface area contributed by atoms with Crippen LogP contribution in [-0.2, 0) is 14.3 Å². The first-order valence-electron chi connectivity index (χ1n) is 7.83. The molecule has 26 heavy (non-hydrogen) atoms. The van der Waals surface area contributed by atoms with Gasteiger partial charge in [-0.25, -0.2) is 19.8 Å². The van der Waals surface area contributed by atoms with Crippen LogP contribution in [0.2, 0.25) is 0 Å². The maximum atomic E-state index is 12.3. The van der Waals surface area contributed by atoms with Gasteiger partial charge in [-0.2, -0.15) is 4.39 Å². The summed E-state index contributed by atoms with van der Waals surface area (Å²) in [5.74, 6) is -0.302. The van der Waals surface area contributed by atoms with Gasteiger partial charge >= 0.3 is 6.09 Å². The topological polar surface area (TPSA) is 72.0 Å². The van der Waals surface area contributed by atoms with Crippen LogP contribution in [-0.4, -0.2) is 48.9 Å². The highest BCUT2D eigenvalue weighted by Gasteiger charge is 2.34. The number of methoxy groups -OCH3 is 1. The van der Waals surface area contributed by atoms with Gasteiger partial charge in [0.15, 0.2) is 0 Å². The number of hydrazine groups is 1. The molecule has 1 fully saturated rings. The fourth-order valence-electron chi connectivity index (χ4n) is 2.48. The Balaban J connectivity index is 0.000000342. The van der Waals surface area contributed by atoms with Crippen LogP contribution in [0.5, 0.6) is 0 Å². The summed E-state index contributed by atoms with van der Waals surface area (Å²) in [6.45, 7) is 4.33. The van der Waals surface area contributed by atoms with Gasteiger partial charge in [-0.1, -0.05) is 29.5 Å². The molecule has 1 saturated heterocycles. The molecular formula is C17H20FN3O4S. The van der Waals surface area contributed by atoms with Gasteiger partial charge in [0.1, 0.15) is 13.2 Å². The number of thiazole rings is 1. The number of benzene rings is 1. The number of cyclic esters (lactones) is 1. The van der Waals surface area contributed by atoms with Gasteiger partial charge < -0.3 is 9.47 Å². The summed E-state index contributed by atoms with van der Waals surface area (Å²) in [6.07, 6.45) is 0.914. The molecule has 0 N–H and O–H groups in total. The van der Waals surface area contributed by atoms with Crippen molar-refractivity contribution >= 4 is 29.0 Å². The van der Waals surface area contributed by atoms with Crippen LogP contribution < -0.4 is 5.01 Å². The molecule has 0 aliphatic carbocycles. The number of amides is 2. The number of rotatable bonds is 4. The van der Waals surface area contributed by atoms with E-state index in [0.29, 0.717) is 12.2 Å². The summed E-state index contributed by atoms with van der Waals surface area (Å²) in [4.78, 5) is 27.4. The summed E-state index contributed by atoms with van der Waals surface area (Å²) in [5.41, 5.74) is 2.52. The van der Waals surface area contributed by atoms with Crippen LogP contribution in [0, 0.1) is 19.1 Å². The molecule has 1 aromatic carbocycles. The first-order chi connectivity index (χ1) is 12.5. The van der Waals surface area contributed by atoms with E-state index in [1.165, 1.54) is 23.3 Å². The van der Waals surface area contributed by atoms with Gasteiger partial charge in [-0.3, -0.25) is 4.79 Å². The highest BCUT2D eigenvalue weighted by atomic mass is 32.1. The zero-order valence-electron chi connectivity index (χ0n) is 14.8. The number of carbonyl (C=O) groups excluding carboxylic acids is 2. The lowest BCUT2D eigenvalue weighted by Gasteiger charge is -2.31. The van der Waals surface area contributed by atoms with Crippen molar-refractivity contribution in [1.29, 1.82) is 0 Å². The Hall–Kier alpha value is -2.52. The monoisotopic (exact) mass is 381 g/mol. The molecule has 0 atom stereocenters. The Morgan fingerprint density at radius 3 is 2.54 bits per heavy atom. The molecule has 0 unspecified atom stereocenters. The van der Waals surface area contributed by atoms with E-state index in [1.54, 1.807) is 5.38 Å². The number of aromatic nitrogens is 1. The van der Waals surface area contributed by atoms with Crippen molar-refractivity contribution in [2.24, 2.45) is 0 Å². The summed E-state index contributed by atoms with van der Waals surface area (Å²) in [5, 5.41) is 3.91. The molecule has 7 nitrogen and oxygen atoms in total. The maximum absolute atomic E-state index is 12.3. The average molecular weight is 381 g/mol. The Kier molecular flexibility index (Phi) is 7.05. The van der Waals surface area contributed by atoms with E-state index in [-0.39, 0.29) is 24.4 Å². The second kappa shape index (κ2) is 9.25. The summed E-state index contributed by atoms with van der Waals surface area (Å²) < 4.78 is 21.4. The van der Waals surface area contributed by atoms with Gasteiger partial charge in [-0.05, 0) is 25.0 Å². The molecule has 140 valence electrons. The van der Waals surface area contributed by atoms with Gasteiger partial charge in [-0.15, -0.1) is 0 Å². The Labute approximate surface area is 154 Å². The molecule has 2 amide bonds. The van der Waals surface area contributed by atoms with Crippen LogP contribution >= 0.6 is 11.3 Å². The second-order valence-corrected chi connectivity index (χ2v) is 6.25. The van der Waals surface area contributed by atoms with Crippen molar-refractivity contribution in [1.82, 2.24) is 9.99 Å². The van der Waals surface area contributed by atoms with Gasteiger partial charge in [0.25, 0.3) is 11.2 Å². The number of nitrogens with zero attached hydrogens (tertiary/aromatic N) is 3. The van der Waals surface area contributed by atoms with Crippen molar-refractivity contribution in [3.8, 4) is 0 Å². The number of para-hydroxylation sites is 1. The fourth-order valence-corrected chi connectivity index (χ4v) is 2.83. The zero-order valence-corrected chi connectivity index (χ0v) is 15.6. The molecule has 2 heterocycles. The summed E-state index contributed by atoms with van der Waals surface area (Å²) >= 11 is 1.000. The number of ether oxygens (including phenoxy) is 2. The van der Waals surface area contributed by atoms with E-state index >= 15 is 0 Å². The van der Waals surface area contributed by atoms with Crippen LogP contribution in [0.4, 0.5) is 14.9 Å². The highest BCUT2D eigenvalue weighted by Crippen LogP contribution is 2.27. The first kappa shape index (κ1) is 19.8. The fraction of sp³-hybridized carbons (Fsp3) is 0.353. The third kappa shape index (κ3) is 4.77. The number of hydrogen-bond acceptors (Lipinski definition) is 6. The minimum Gasteiger partial charge on any atom is -0.446 e. The maximum Gasteiger partial charge on any atom is 0.429 e. The first-order valence-corrected chi connectivity index (χ1v) is 8.71. The third-order valence-corrected chi connectivity index (χ3v) is 4.10. The number of carbonyl (C=O) groups is 2. The second-order valence-electron chi connectivity index (χ2n) is 5.40. The Bertz CT molecular complexity index is 734. The van der Waals surface area contributed by atoms with E-state index in [1.807, 2.05) is 32.0 Å². The van der Waals surface area contributed by atoms with Crippen molar-refractivity contribution in [3.05, 3.63) is 46.2 Å². The van der Waals surface area contributed by atoms with Crippen LogP contribution in [0.25, 0.3) is 0 Å². The Morgan fingerprint density at radius 1 is 1.42 bits per heavy atom. The molecule has 3 rings (SSSR count). The molecule has 1 aliphatic rings. The van der Waals surface area contributed by atoms with Crippen LogP contribution in [0.15, 0.2) is 29.8 Å². The molecule has 2 aromatic rings. The minimum absolute atomic E-state index is 0.0996. The van der Waals surface area contributed by atoms with Crippen LogP contribution in [0.1, 0.15) is 11.1 Å². The molecule has 1 aromatic heterocycles. The van der Waals surface area contributed by atoms with Gasteiger partial charge in [0.2, 0.25) is 0 Å². The smallest absolute Gasteiger partial charge is 0.429 e. The predicted octanol–water partition coefficient (Wildman–Crippen LogP) is 2.93. The van der Waals surface area contributed by atoms with E-state index < -0.39 is 6.09 Å². The summed E-state index contributed by atoms with van der Waals surface area (Å²) in [6, 6.07) is 5.71. The molecule has 9 heteroatoms. The quantitative estimate of drug-likeness (QED) is 0.814. The predicted molar refractivity (Wildman–Crippen MR) is 95.4 cm³/mol. The molecule has 0 bridgehead atoms. The molecular weight excluding hydrogens is 361 g/mol. The van der Waals surface area contributed by atoms with E-state index in [2.05, 4.69) is 4.98 Å². The van der Waals surface area contributed by atoms with Crippen LogP contribution in [0.3, 0.4) is 0 Å². The van der Waals surface area contributed by atoms with Crippen molar-refractivity contribution in [3.63, 3.8) is 0 Å². The number of hydrogen-bond donors (Lipinski definition) is 0. The highest BCUT2D eigenvalue weighted by molar-refractivity contribution is 7.07. The third-order valence-electron chi connectivity index (χ3n) is 3.54. The lowest BCUT2D eigenvalue weighted by atomic mass is 10.1. The van der Waals surface area contributed by atoms with E-state index in [9.17, 15) is 14.0 Å². The standard InChI is InChI=1S/C14H18N2O4.C3H2FNS/c1-10-5-4-6-11(2)13(10)16(12(17)9-19-3)15-7-8-20-14(15)18;4-3-5-1-2-6-3/h4-6H,7-9H2,1-3H3;1-2H. The summed E-state index contributed by atoms with van der Waals surface area (Å²) in [7, 11) is 1.45. The number of halogens is 1. The lowest BCUT2D eigenvalue weighted by molar-refractivity contribution is -0.124. The number of aryl methyl sites for hydroxylation is 2. The van der Waals surface area contributed by atoms with Crippen molar-refractivity contribution in [2.45, 2.75) is 13.8 Å². The minimum atomic E-state index is -0.517. The van der Waals surface area contributed by atoms with Gasteiger partial charge in [0.05, 0.1) is 12.2 Å². The van der Waals surface area contributed by atoms with Crippen molar-refractivity contribution < 1.29 is 23.5 Å². The van der Waals surface area contributed by atoms with E-state index in [4.69, 9.17) is 9.47 Å². The molecule has 0 saturated carbocycles. The van der Waals surface area contributed by atoms with Crippen molar-refractivity contribution in [2.75, 3.05) is 31.9 Å². The van der Waals surface area contributed by atoms with E-state index in [0.717, 1.165) is 22.5 Å². The zero-order chi connectivity index (χ0) is 19.1.